The Bertz CT molecular complexity index is 257. The second-order valence-electron chi connectivity index (χ2n) is 4.01. The molecule has 80 valence electrons. The highest BCUT2D eigenvalue weighted by Crippen LogP contribution is 2.44. The Hall–Kier alpha value is -0.710. The van der Waals surface area contributed by atoms with E-state index in [0.717, 1.165) is 6.42 Å². The highest BCUT2D eigenvalue weighted by Gasteiger charge is 2.55. The quantitative estimate of drug-likeness (QED) is 0.647. The van der Waals surface area contributed by atoms with Crippen molar-refractivity contribution in [3.8, 4) is 0 Å². The minimum atomic E-state index is -2.72. The summed E-state index contributed by atoms with van der Waals surface area (Å²) in [6.45, 7) is 0. The van der Waals surface area contributed by atoms with Gasteiger partial charge < -0.3 is 10.1 Å². The van der Waals surface area contributed by atoms with Gasteiger partial charge in [-0.2, -0.15) is 0 Å². The average molecular weight is 205 g/mol. The highest BCUT2D eigenvalue weighted by molar-refractivity contribution is 5.76. The number of piperidine rings is 2. The van der Waals surface area contributed by atoms with Crippen LogP contribution in [0.5, 0.6) is 0 Å². The van der Waals surface area contributed by atoms with Crippen molar-refractivity contribution < 1.29 is 18.3 Å². The summed E-state index contributed by atoms with van der Waals surface area (Å²) >= 11 is 0. The molecule has 2 aliphatic heterocycles. The molecule has 1 N–H and O–H groups in total. The molecule has 14 heavy (non-hydrogen) atoms. The van der Waals surface area contributed by atoms with Crippen LogP contribution in [0.1, 0.15) is 19.3 Å². The Labute approximate surface area is 80.8 Å². The number of methoxy groups -OCH3 is 1. The van der Waals surface area contributed by atoms with Crippen LogP contribution < -0.4 is 5.32 Å². The number of fused-ring (bicyclic) bond motifs is 3. The van der Waals surface area contributed by atoms with Gasteiger partial charge >= 0.3 is 5.97 Å². The molecule has 2 saturated heterocycles. The molecule has 5 heteroatoms. The molecular formula is C9H13F2NO2. The standard InChI is InChI=1S/C9H13F2NO2/c1-14-8(13)7-6-3-2-5(12-7)4-9(6,10)11/h5-7,12H,2-4H2,1H3/t5?,6?,7-/m0/s1. The van der Waals surface area contributed by atoms with Gasteiger partial charge in [0.25, 0.3) is 5.92 Å². The van der Waals surface area contributed by atoms with E-state index in [9.17, 15) is 13.6 Å². The van der Waals surface area contributed by atoms with Crippen LogP contribution in [0.2, 0.25) is 0 Å². The molecule has 1 saturated carbocycles. The summed E-state index contributed by atoms with van der Waals surface area (Å²) in [6, 6.07) is -1.05. The molecule has 0 aromatic rings. The number of esters is 1. The third-order valence-corrected chi connectivity index (χ3v) is 3.16. The van der Waals surface area contributed by atoms with Crippen molar-refractivity contribution in [1.29, 1.82) is 0 Å². The van der Waals surface area contributed by atoms with Crippen molar-refractivity contribution in [3.05, 3.63) is 0 Å². The van der Waals surface area contributed by atoms with Gasteiger partial charge in [0.1, 0.15) is 6.04 Å². The molecule has 3 fully saturated rings. The van der Waals surface area contributed by atoms with E-state index in [-0.39, 0.29) is 12.5 Å². The molecule has 0 aromatic carbocycles. The summed E-state index contributed by atoms with van der Waals surface area (Å²) in [5.41, 5.74) is 0. The molecule has 2 heterocycles. The zero-order valence-electron chi connectivity index (χ0n) is 7.93. The summed E-state index contributed by atoms with van der Waals surface area (Å²) in [5.74, 6) is -4.17. The van der Waals surface area contributed by atoms with Gasteiger partial charge in [-0.3, -0.25) is 4.79 Å². The zero-order chi connectivity index (χ0) is 10.3. The third kappa shape index (κ3) is 1.39. The summed E-state index contributed by atoms with van der Waals surface area (Å²) in [4.78, 5) is 11.2. The fourth-order valence-corrected chi connectivity index (χ4v) is 2.46. The van der Waals surface area contributed by atoms with Crippen LogP contribution in [0.3, 0.4) is 0 Å². The number of ether oxygens (including phenoxy) is 1. The Kier molecular flexibility index (Phi) is 2.21. The Morgan fingerprint density at radius 1 is 1.50 bits per heavy atom. The second kappa shape index (κ2) is 3.15. The number of carbonyl (C=O) groups is 1. The van der Waals surface area contributed by atoms with Crippen molar-refractivity contribution in [2.24, 2.45) is 5.92 Å². The van der Waals surface area contributed by atoms with Crippen molar-refractivity contribution in [3.63, 3.8) is 0 Å². The fraction of sp³-hybridized carbons (Fsp3) is 0.889. The van der Waals surface area contributed by atoms with Gasteiger partial charge in [0.15, 0.2) is 0 Å². The van der Waals surface area contributed by atoms with Gasteiger partial charge in [-0.05, 0) is 12.8 Å². The molecule has 0 aromatic heterocycles. The van der Waals surface area contributed by atoms with Crippen LogP contribution in [0.15, 0.2) is 0 Å². The number of alkyl halides is 2. The van der Waals surface area contributed by atoms with E-state index in [1.807, 2.05) is 0 Å². The third-order valence-electron chi connectivity index (χ3n) is 3.16. The number of hydrogen-bond acceptors (Lipinski definition) is 3. The smallest absolute Gasteiger partial charge is 0.323 e. The molecule has 3 nitrogen and oxygen atoms in total. The summed E-state index contributed by atoms with van der Waals surface area (Å²) in [7, 11) is 1.23. The molecule has 0 amide bonds. The van der Waals surface area contributed by atoms with E-state index in [1.165, 1.54) is 7.11 Å². The Morgan fingerprint density at radius 2 is 2.21 bits per heavy atom. The van der Waals surface area contributed by atoms with Gasteiger partial charge in [0, 0.05) is 18.4 Å². The maximum absolute atomic E-state index is 13.4. The summed E-state index contributed by atoms with van der Waals surface area (Å²) < 4.78 is 31.3. The molecule has 3 atom stereocenters. The largest absolute Gasteiger partial charge is 0.468 e. The number of carbonyl (C=O) groups excluding carboxylic acids is 1. The van der Waals surface area contributed by atoms with Gasteiger partial charge in [0.05, 0.1) is 7.11 Å². The number of rotatable bonds is 1. The molecule has 1 aliphatic carbocycles. The molecular weight excluding hydrogens is 192 g/mol. The van der Waals surface area contributed by atoms with Gasteiger partial charge in [0.2, 0.25) is 0 Å². The highest BCUT2D eigenvalue weighted by atomic mass is 19.3. The van der Waals surface area contributed by atoms with E-state index in [1.54, 1.807) is 0 Å². The lowest BCUT2D eigenvalue weighted by molar-refractivity contribution is -0.168. The summed E-state index contributed by atoms with van der Waals surface area (Å²) in [6.07, 6.45) is 0.989. The van der Waals surface area contributed by atoms with Crippen molar-refractivity contribution in [1.82, 2.24) is 5.32 Å². The molecule has 0 spiro atoms. The van der Waals surface area contributed by atoms with Crippen molar-refractivity contribution >= 4 is 5.97 Å². The predicted molar refractivity (Wildman–Crippen MR) is 45.0 cm³/mol. The maximum atomic E-state index is 13.4. The van der Waals surface area contributed by atoms with E-state index >= 15 is 0 Å². The summed E-state index contributed by atoms with van der Waals surface area (Å²) in [5, 5.41) is 2.90. The predicted octanol–water partition coefficient (Wildman–Crippen LogP) is 0.935. The normalized spacial score (nSPS) is 39.5. The van der Waals surface area contributed by atoms with E-state index in [0.29, 0.717) is 6.42 Å². The number of halogens is 2. The Balaban J connectivity index is 2.18. The number of hydrogen-bond donors (Lipinski definition) is 1. The van der Waals surface area contributed by atoms with Crippen LogP contribution in [0.4, 0.5) is 8.78 Å². The average Bonchev–Trinajstić information content (AvgIpc) is 2.15. The molecule has 2 bridgehead atoms. The minimum absolute atomic E-state index is 0.148. The van der Waals surface area contributed by atoms with Gasteiger partial charge in [-0.25, -0.2) is 8.78 Å². The SMILES string of the molecule is COC(=O)[C@H]1NC2CCC1C(F)(F)C2. The molecule has 3 rings (SSSR count). The zero-order valence-corrected chi connectivity index (χ0v) is 7.93. The van der Waals surface area contributed by atoms with Crippen LogP contribution >= 0.6 is 0 Å². The van der Waals surface area contributed by atoms with E-state index < -0.39 is 23.9 Å². The topological polar surface area (TPSA) is 38.3 Å². The first-order valence-corrected chi connectivity index (χ1v) is 4.76. The van der Waals surface area contributed by atoms with Crippen LogP contribution in [-0.2, 0) is 9.53 Å². The fourth-order valence-electron chi connectivity index (χ4n) is 2.46. The molecule has 0 radical (unpaired) electrons. The monoisotopic (exact) mass is 205 g/mol. The van der Waals surface area contributed by atoms with Gasteiger partial charge in [-0.1, -0.05) is 0 Å². The van der Waals surface area contributed by atoms with Crippen molar-refractivity contribution in [2.45, 2.75) is 37.3 Å². The number of nitrogens with one attached hydrogen (secondary N) is 1. The van der Waals surface area contributed by atoms with E-state index in [4.69, 9.17) is 0 Å². The van der Waals surface area contributed by atoms with Crippen molar-refractivity contribution in [2.75, 3.05) is 7.11 Å². The lowest BCUT2D eigenvalue weighted by atomic mass is 9.73. The van der Waals surface area contributed by atoms with Gasteiger partial charge in [-0.15, -0.1) is 0 Å². The lowest BCUT2D eigenvalue weighted by Crippen LogP contribution is -2.63. The molecule has 2 unspecified atom stereocenters. The first-order chi connectivity index (χ1) is 6.54. The minimum Gasteiger partial charge on any atom is -0.468 e. The Morgan fingerprint density at radius 3 is 2.71 bits per heavy atom. The second-order valence-corrected chi connectivity index (χ2v) is 4.01. The first-order valence-electron chi connectivity index (χ1n) is 4.76. The lowest BCUT2D eigenvalue weighted by Gasteiger charge is -2.46. The van der Waals surface area contributed by atoms with Crippen LogP contribution in [0, 0.1) is 5.92 Å². The first kappa shape index (κ1) is 9.83. The maximum Gasteiger partial charge on any atom is 0.323 e. The van der Waals surface area contributed by atoms with E-state index in [2.05, 4.69) is 10.1 Å². The van der Waals surface area contributed by atoms with Crippen LogP contribution in [-0.4, -0.2) is 31.1 Å². The molecule has 3 aliphatic rings. The van der Waals surface area contributed by atoms with Crippen LogP contribution in [0.25, 0.3) is 0 Å².